The fraction of sp³-hybridized carbons (Fsp3) is 0.200. The zero-order valence-electron chi connectivity index (χ0n) is 10.8. The second-order valence-corrected chi connectivity index (χ2v) is 4.59. The molecule has 0 aliphatic rings. The zero-order valence-corrected chi connectivity index (χ0v) is 11.6. The Labute approximate surface area is 117 Å². The highest BCUT2D eigenvalue weighted by Crippen LogP contribution is 2.37. The van der Waals surface area contributed by atoms with Gasteiger partial charge in [0.1, 0.15) is 0 Å². The van der Waals surface area contributed by atoms with Crippen LogP contribution in [0, 0.1) is 0 Å². The van der Waals surface area contributed by atoms with Gasteiger partial charge in [0, 0.05) is 5.02 Å². The van der Waals surface area contributed by atoms with Crippen LogP contribution in [0.15, 0.2) is 36.4 Å². The van der Waals surface area contributed by atoms with Crippen LogP contribution in [0.25, 0.3) is 0 Å². The number of phenolic OH excluding ortho intramolecular Hbond substituents is 1. The van der Waals surface area contributed by atoms with Crippen molar-refractivity contribution in [1.82, 2.24) is 0 Å². The molecule has 0 heterocycles. The quantitative estimate of drug-likeness (QED) is 0.928. The van der Waals surface area contributed by atoms with Gasteiger partial charge >= 0.3 is 0 Å². The van der Waals surface area contributed by atoms with E-state index >= 15 is 0 Å². The highest BCUT2D eigenvalue weighted by atomic mass is 35.5. The molecule has 0 bridgehead atoms. The van der Waals surface area contributed by atoms with Gasteiger partial charge in [-0.05, 0) is 41.8 Å². The van der Waals surface area contributed by atoms with Crippen molar-refractivity contribution < 1.29 is 14.6 Å². The lowest BCUT2D eigenvalue weighted by atomic mass is 10.0. The van der Waals surface area contributed by atoms with Gasteiger partial charge in [-0.2, -0.15) is 0 Å². The summed E-state index contributed by atoms with van der Waals surface area (Å²) in [6, 6.07) is 11.2. The molecule has 100 valence electrons. The third kappa shape index (κ3) is 3.12. The van der Waals surface area contributed by atoms with Gasteiger partial charge in [0.25, 0.3) is 0 Å². The second-order valence-electron chi connectivity index (χ2n) is 4.15. The van der Waals surface area contributed by atoms with Gasteiger partial charge < -0.3 is 14.6 Å². The van der Waals surface area contributed by atoms with Crippen molar-refractivity contribution in [2.24, 2.45) is 0 Å². The number of ether oxygens (including phenoxy) is 2. The largest absolute Gasteiger partial charge is 0.502 e. The normalized spacial score (nSPS) is 10.3. The number of methoxy groups -OCH3 is 2. The van der Waals surface area contributed by atoms with E-state index in [0.717, 1.165) is 11.1 Å². The molecule has 0 saturated heterocycles. The second kappa shape index (κ2) is 5.85. The number of hydrogen-bond acceptors (Lipinski definition) is 3. The summed E-state index contributed by atoms with van der Waals surface area (Å²) < 4.78 is 10.3. The molecule has 0 amide bonds. The van der Waals surface area contributed by atoms with E-state index in [0.29, 0.717) is 22.9 Å². The van der Waals surface area contributed by atoms with Crippen LogP contribution >= 0.6 is 11.6 Å². The van der Waals surface area contributed by atoms with Crippen molar-refractivity contribution in [2.75, 3.05) is 14.2 Å². The van der Waals surface area contributed by atoms with E-state index in [-0.39, 0.29) is 5.75 Å². The van der Waals surface area contributed by atoms with Crippen LogP contribution in [-0.2, 0) is 6.42 Å². The third-order valence-corrected chi connectivity index (χ3v) is 3.11. The number of benzene rings is 2. The molecule has 2 aromatic carbocycles. The number of halogens is 1. The van der Waals surface area contributed by atoms with Gasteiger partial charge in [-0.25, -0.2) is 0 Å². The molecule has 0 spiro atoms. The van der Waals surface area contributed by atoms with Gasteiger partial charge in [-0.3, -0.25) is 0 Å². The molecule has 0 radical (unpaired) electrons. The van der Waals surface area contributed by atoms with Crippen molar-refractivity contribution in [3.8, 4) is 17.2 Å². The summed E-state index contributed by atoms with van der Waals surface area (Å²) in [5.74, 6) is 0.830. The molecule has 0 aliphatic heterocycles. The fourth-order valence-electron chi connectivity index (χ4n) is 1.89. The van der Waals surface area contributed by atoms with Crippen molar-refractivity contribution in [2.45, 2.75) is 6.42 Å². The predicted molar refractivity (Wildman–Crippen MR) is 75.5 cm³/mol. The molecule has 0 atom stereocenters. The molecule has 0 saturated carbocycles. The molecular formula is C15H15ClO3. The topological polar surface area (TPSA) is 38.7 Å². The summed E-state index contributed by atoms with van der Waals surface area (Å²) in [5, 5.41) is 10.6. The summed E-state index contributed by atoms with van der Waals surface area (Å²) in [7, 11) is 3.03. The van der Waals surface area contributed by atoms with Crippen molar-refractivity contribution in [3.63, 3.8) is 0 Å². The minimum Gasteiger partial charge on any atom is -0.502 e. The molecule has 0 fully saturated rings. The third-order valence-electron chi connectivity index (χ3n) is 2.86. The average molecular weight is 279 g/mol. The maximum Gasteiger partial charge on any atom is 0.200 e. The molecule has 4 heteroatoms. The molecule has 2 rings (SSSR count). The number of phenols is 1. The summed E-state index contributed by atoms with van der Waals surface area (Å²) >= 11 is 5.86. The summed E-state index contributed by atoms with van der Waals surface area (Å²) in [5.41, 5.74) is 2.12. The van der Waals surface area contributed by atoms with Crippen LogP contribution in [0.4, 0.5) is 0 Å². The molecule has 19 heavy (non-hydrogen) atoms. The minimum absolute atomic E-state index is 0.0184. The minimum atomic E-state index is 0.0184. The standard InChI is InChI=1S/C15H15ClO3/c1-18-13-8-11(9-14(19-2)15(13)17)7-10-3-5-12(16)6-4-10/h3-6,8-9,17H,7H2,1-2H3. The van der Waals surface area contributed by atoms with Crippen molar-refractivity contribution in [3.05, 3.63) is 52.5 Å². The Bertz CT molecular complexity index is 539. The Morgan fingerprint density at radius 3 is 1.95 bits per heavy atom. The van der Waals surface area contributed by atoms with Crippen molar-refractivity contribution >= 4 is 11.6 Å². The number of aromatic hydroxyl groups is 1. The smallest absolute Gasteiger partial charge is 0.200 e. The summed E-state index contributed by atoms with van der Waals surface area (Å²) in [4.78, 5) is 0. The van der Waals surface area contributed by atoms with Gasteiger partial charge in [0.15, 0.2) is 11.5 Å². The van der Waals surface area contributed by atoms with E-state index in [9.17, 15) is 5.11 Å². The van der Waals surface area contributed by atoms with E-state index in [2.05, 4.69) is 0 Å². The fourth-order valence-corrected chi connectivity index (χ4v) is 2.01. The average Bonchev–Trinajstić information content (AvgIpc) is 2.43. The van der Waals surface area contributed by atoms with E-state index in [4.69, 9.17) is 21.1 Å². The first-order chi connectivity index (χ1) is 9.13. The van der Waals surface area contributed by atoms with Gasteiger partial charge in [-0.15, -0.1) is 0 Å². The number of hydrogen-bond donors (Lipinski definition) is 1. The zero-order chi connectivity index (χ0) is 13.8. The number of rotatable bonds is 4. The van der Waals surface area contributed by atoms with Crippen LogP contribution < -0.4 is 9.47 Å². The Morgan fingerprint density at radius 1 is 0.947 bits per heavy atom. The Hall–Kier alpha value is -1.87. The van der Waals surface area contributed by atoms with Crippen LogP contribution in [0.5, 0.6) is 17.2 Å². The first-order valence-electron chi connectivity index (χ1n) is 5.82. The Morgan fingerprint density at radius 2 is 1.47 bits per heavy atom. The van der Waals surface area contributed by atoms with E-state index in [1.807, 2.05) is 24.3 Å². The molecular weight excluding hydrogens is 264 g/mol. The SMILES string of the molecule is COc1cc(Cc2ccc(Cl)cc2)cc(OC)c1O. The lowest BCUT2D eigenvalue weighted by molar-refractivity contribution is 0.339. The van der Waals surface area contributed by atoms with Gasteiger partial charge in [0.05, 0.1) is 14.2 Å². The highest BCUT2D eigenvalue weighted by molar-refractivity contribution is 6.30. The summed E-state index contributed by atoms with van der Waals surface area (Å²) in [6.45, 7) is 0. The van der Waals surface area contributed by atoms with E-state index in [1.54, 1.807) is 12.1 Å². The molecule has 0 aliphatic carbocycles. The maximum atomic E-state index is 9.85. The Balaban J connectivity index is 2.32. The Kier molecular flexibility index (Phi) is 4.17. The molecule has 0 aromatic heterocycles. The monoisotopic (exact) mass is 278 g/mol. The first-order valence-corrected chi connectivity index (χ1v) is 6.20. The lowest BCUT2D eigenvalue weighted by Crippen LogP contribution is -1.94. The van der Waals surface area contributed by atoms with Gasteiger partial charge in [0.2, 0.25) is 5.75 Å². The maximum absolute atomic E-state index is 9.85. The predicted octanol–water partition coefficient (Wildman–Crippen LogP) is 3.65. The van der Waals surface area contributed by atoms with Crippen LogP contribution in [0.1, 0.15) is 11.1 Å². The summed E-state index contributed by atoms with van der Waals surface area (Å²) in [6.07, 6.45) is 0.712. The lowest BCUT2D eigenvalue weighted by Gasteiger charge is -2.11. The molecule has 2 aromatic rings. The van der Waals surface area contributed by atoms with E-state index < -0.39 is 0 Å². The van der Waals surface area contributed by atoms with Crippen LogP contribution in [0.2, 0.25) is 5.02 Å². The highest BCUT2D eigenvalue weighted by Gasteiger charge is 2.11. The molecule has 3 nitrogen and oxygen atoms in total. The van der Waals surface area contributed by atoms with Crippen LogP contribution in [-0.4, -0.2) is 19.3 Å². The van der Waals surface area contributed by atoms with Gasteiger partial charge in [-0.1, -0.05) is 23.7 Å². The van der Waals surface area contributed by atoms with E-state index in [1.165, 1.54) is 14.2 Å². The first kappa shape index (κ1) is 13.6. The molecule has 0 unspecified atom stereocenters. The molecule has 1 N–H and O–H groups in total. The van der Waals surface area contributed by atoms with Crippen molar-refractivity contribution in [1.29, 1.82) is 0 Å². The van der Waals surface area contributed by atoms with Crippen LogP contribution in [0.3, 0.4) is 0 Å².